The number of thioether (sulfide) groups is 1. The third-order valence-electron chi connectivity index (χ3n) is 2.96. The van der Waals surface area contributed by atoms with Crippen LogP contribution in [0.1, 0.15) is 29.1 Å². The first-order valence-corrected chi connectivity index (χ1v) is 7.59. The third kappa shape index (κ3) is 4.05. The van der Waals surface area contributed by atoms with Crippen molar-refractivity contribution in [3.8, 4) is 0 Å². The molecule has 0 aliphatic heterocycles. The van der Waals surface area contributed by atoms with Gasteiger partial charge >= 0.3 is 0 Å². The molecule has 0 saturated carbocycles. The number of nitrogens with zero attached hydrogens (tertiary/aromatic N) is 3. The summed E-state index contributed by atoms with van der Waals surface area (Å²) in [6.07, 6.45) is 1.60. The number of aliphatic hydroxyl groups excluding tert-OH is 1. The molecule has 2 N–H and O–H groups in total. The highest BCUT2D eigenvalue weighted by Gasteiger charge is 2.15. The zero-order chi connectivity index (χ0) is 15.2. The van der Waals surface area contributed by atoms with Crippen molar-refractivity contribution in [1.82, 2.24) is 20.1 Å². The number of aryl methyl sites for hydroxylation is 1. The van der Waals surface area contributed by atoms with E-state index < -0.39 is 0 Å². The number of hydrogen-bond acceptors (Lipinski definition) is 5. The first-order valence-electron chi connectivity index (χ1n) is 6.60. The number of carbonyl (C=O) groups is 1. The zero-order valence-corrected chi connectivity index (χ0v) is 12.8. The second-order valence-corrected chi connectivity index (χ2v) is 5.76. The number of aromatic nitrogens is 3. The molecule has 7 heteroatoms. The van der Waals surface area contributed by atoms with E-state index >= 15 is 0 Å². The van der Waals surface area contributed by atoms with Crippen LogP contribution >= 0.6 is 11.8 Å². The average Bonchev–Trinajstić information content (AvgIpc) is 2.91. The second-order valence-electron chi connectivity index (χ2n) is 4.59. The smallest absolute Gasteiger partial charge is 0.251 e. The Balaban J connectivity index is 1.98. The minimum absolute atomic E-state index is 0.141. The Morgan fingerprint density at radius 1 is 1.43 bits per heavy atom. The fraction of sp³-hybridized carbons (Fsp3) is 0.357. The van der Waals surface area contributed by atoms with E-state index in [2.05, 4.69) is 15.5 Å². The highest BCUT2D eigenvalue weighted by Crippen LogP contribution is 2.18. The summed E-state index contributed by atoms with van der Waals surface area (Å²) < 4.78 is 1.78. The van der Waals surface area contributed by atoms with Crippen molar-refractivity contribution in [3.63, 3.8) is 0 Å². The Bertz CT molecular complexity index is 597. The van der Waals surface area contributed by atoms with Gasteiger partial charge in [-0.15, -0.1) is 22.0 Å². The van der Waals surface area contributed by atoms with Crippen molar-refractivity contribution in [3.05, 3.63) is 42.0 Å². The van der Waals surface area contributed by atoms with Gasteiger partial charge in [-0.3, -0.25) is 4.79 Å². The van der Waals surface area contributed by atoms with Crippen LogP contribution in [0.25, 0.3) is 0 Å². The standard InChI is InChI=1S/C14H18N4O2S/c1-10(13-17-15-9-18(13)2)16-14(20)11-3-5-12(6-4-11)21-8-7-19/h3-6,9-10,19H,7-8H2,1-2H3,(H,16,20)/t10-/m0/s1. The summed E-state index contributed by atoms with van der Waals surface area (Å²) >= 11 is 1.55. The summed E-state index contributed by atoms with van der Waals surface area (Å²) in [5, 5.41) is 19.5. The van der Waals surface area contributed by atoms with Crippen molar-refractivity contribution in [2.24, 2.45) is 7.05 Å². The van der Waals surface area contributed by atoms with Crippen molar-refractivity contribution < 1.29 is 9.90 Å². The first kappa shape index (κ1) is 15.5. The SMILES string of the molecule is C[C@H](NC(=O)c1ccc(SCCO)cc1)c1nncn1C. The number of hydrogen-bond donors (Lipinski definition) is 2. The van der Waals surface area contributed by atoms with Crippen LogP contribution in [0.3, 0.4) is 0 Å². The normalized spacial score (nSPS) is 12.1. The molecule has 0 unspecified atom stereocenters. The maximum Gasteiger partial charge on any atom is 0.251 e. The molecule has 1 heterocycles. The second kappa shape index (κ2) is 7.24. The molecular formula is C14H18N4O2S. The summed E-state index contributed by atoms with van der Waals surface area (Å²) in [5.41, 5.74) is 0.595. The Morgan fingerprint density at radius 3 is 2.71 bits per heavy atom. The van der Waals surface area contributed by atoms with Crippen LogP contribution in [0.15, 0.2) is 35.5 Å². The van der Waals surface area contributed by atoms with Gasteiger partial charge in [-0.1, -0.05) is 0 Å². The lowest BCUT2D eigenvalue weighted by Crippen LogP contribution is -2.28. The molecule has 0 radical (unpaired) electrons. The number of aliphatic hydroxyl groups is 1. The molecule has 6 nitrogen and oxygen atoms in total. The van der Waals surface area contributed by atoms with Crippen LogP contribution in [0.5, 0.6) is 0 Å². The van der Waals surface area contributed by atoms with Crippen molar-refractivity contribution >= 4 is 17.7 Å². The fourth-order valence-electron chi connectivity index (χ4n) is 1.89. The molecule has 0 fully saturated rings. The molecule has 0 aliphatic rings. The fourth-order valence-corrected chi connectivity index (χ4v) is 2.55. The van der Waals surface area contributed by atoms with Crippen molar-refractivity contribution in [2.75, 3.05) is 12.4 Å². The van der Waals surface area contributed by atoms with Gasteiger partial charge < -0.3 is 15.0 Å². The topological polar surface area (TPSA) is 80.0 Å². The Kier molecular flexibility index (Phi) is 5.35. The van der Waals surface area contributed by atoms with Gasteiger partial charge in [-0.2, -0.15) is 0 Å². The van der Waals surface area contributed by atoms with Gasteiger partial charge in [0, 0.05) is 23.3 Å². The van der Waals surface area contributed by atoms with Gasteiger partial charge in [-0.05, 0) is 31.2 Å². The predicted molar refractivity (Wildman–Crippen MR) is 81.1 cm³/mol. The molecule has 0 saturated heterocycles. The molecule has 2 aromatic rings. The lowest BCUT2D eigenvalue weighted by molar-refractivity contribution is 0.0937. The van der Waals surface area contributed by atoms with Gasteiger partial charge in [0.05, 0.1) is 12.6 Å². The molecule has 1 aromatic heterocycles. The Labute approximate surface area is 127 Å². The van der Waals surface area contributed by atoms with Crippen LogP contribution in [0.2, 0.25) is 0 Å². The van der Waals surface area contributed by atoms with Crippen LogP contribution in [-0.4, -0.2) is 38.1 Å². The molecule has 0 bridgehead atoms. The maximum atomic E-state index is 12.2. The minimum atomic E-state index is -0.214. The van der Waals surface area contributed by atoms with E-state index in [0.29, 0.717) is 17.1 Å². The van der Waals surface area contributed by atoms with Crippen LogP contribution in [-0.2, 0) is 7.05 Å². The van der Waals surface area contributed by atoms with E-state index in [1.165, 1.54) is 0 Å². The molecule has 1 atom stereocenters. The van der Waals surface area contributed by atoms with E-state index in [-0.39, 0.29) is 18.6 Å². The van der Waals surface area contributed by atoms with Crippen molar-refractivity contribution in [2.45, 2.75) is 17.9 Å². The van der Waals surface area contributed by atoms with Gasteiger partial charge in [0.2, 0.25) is 0 Å². The largest absolute Gasteiger partial charge is 0.396 e. The van der Waals surface area contributed by atoms with Gasteiger partial charge in [0.1, 0.15) is 6.33 Å². The lowest BCUT2D eigenvalue weighted by atomic mass is 10.2. The average molecular weight is 306 g/mol. The van der Waals surface area contributed by atoms with Crippen molar-refractivity contribution in [1.29, 1.82) is 0 Å². The summed E-state index contributed by atoms with van der Waals surface area (Å²) in [4.78, 5) is 13.2. The predicted octanol–water partition coefficient (Wildman–Crippen LogP) is 1.39. The number of nitrogens with one attached hydrogen (secondary N) is 1. The highest BCUT2D eigenvalue weighted by molar-refractivity contribution is 7.99. The van der Waals surface area contributed by atoms with Crippen LogP contribution in [0.4, 0.5) is 0 Å². The molecule has 112 valence electrons. The van der Waals surface area contributed by atoms with Crippen LogP contribution < -0.4 is 5.32 Å². The highest BCUT2D eigenvalue weighted by atomic mass is 32.2. The van der Waals surface area contributed by atoms with Gasteiger partial charge in [0.25, 0.3) is 5.91 Å². The van der Waals surface area contributed by atoms with E-state index in [4.69, 9.17) is 5.11 Å². The molecular weight excluding hydrogens is 288 g/mol. The molecule has 1 aromatic carbocycles. The molecule has 1 amide bonds. The molecule has 0 aliphatic carbocycles. The quantitative estimate of drug-likeness (QED) is 0.788. The molecule has 21 heavy (non-hydrogen) atoms. The van der Waals surface area contributed by atoms with E-state index in [9.17, 15) is 4.79 Å². The summed E-state index contributed by atoms with van der Waals surface area (Å²) in [6, 6.07) is 7.09. The summed E-state index contributed by atoms with van der Waals surface area (Å²) in [7, 11) is 1.84. The van der Waals surface area contributed by atoms with E-state index in [0.717, 1.165) is 4.90 Å². The van der Waals surface area contributed by atoms with Gasteiger partial charge in [0.15, 0.2) is 5.82 Å². The Morgan fingerprint density at radius 2 is 2.14 bits per heavy atom. The number of benzene rings is 1. The van der Waals surface area contributed by atoms with Gasteiger partial charge in [-0.25, -0.2) is 0 Å². The molecule has 0 spiro atoms. The summed E-state index contributed by atoms with van der Waals surface area (Å²) in [6.45, 7) is 2.01. The number of rotatable bonds is 6. The zero-order valence-electron chi connectivity index (χ0n) is 12.0. The van der Waals surface area contributed by atoms with E-state index in [1.54, 1.807) is 34.8 Å². The summed E-state index contributed by atoms with van der Waals surface area (Å²) in [5.74, 6) is 1.21. The number of amides is 1. The maximum absolute atomic E-state index is 12.2. The Hall–Kier alpha value is -1.86. The number of carbonyl (C=O) groups excluding carboxylic acids is 1. The molecule has 2 rings (SSSR count). The monoisotopic (exact) mass is 306 g/mol. The lowest BCUT2D eigenvalue weighted by Gasteiger charge is -2.13. The van der Waals surface area contributed by atoms with Crippen LogP contribution in [0, 0.1) is 0 Å². The minimum Gasteiger partial charge on any atom is -0.396 e. The first-order chi connectivity index (χ1) is 10.1. The van der Waals surface area contributed by atoms with E-state index in [1.807, 2.05) is 26.1 Å². The third-order valence-corrected chi connectivity index (χ3v) is 3.95.